The standard InChI is InChI=1S/C20H23N3O3S/c1-12-18(27-11-22-12)13-5-6-14(17(25)7-13)9-21-19(26)16-8-15(24)10-23(16)20(2,3)4/h5-8,10-11,24-25H,9H2,1-4H3,(H,21,26). The van der Waals surface area contributed by atoms with Crippen LogP contribution in [0, 0.1) is 6.92 Å². The maximum absolute atomic E-state index is 12.6. The Morgan fingerprint density at radius 3 is 2.59 bits per heavy atom. The third kappa shape index (κ3) is 3.98. The molecule has 3 N–H and O–H groups in total. The maximum Gasteiger partial charge on any atom is 0.268 e. The third-order valence-electron chi connectivity index (χ3n) is 4.29. The molecule has 142 valence electrons. The second kappa shape index (κ2) is 7.08. The highest BCUT2D eigenvalue weighted by Gasteiger charge is 2.22. The molecular formula is C20H23N3O3S. The summed E-state index contributed by atoms with van der Waals surface area (Å²) in [6, 6.07) is 6.83. The van der Waals surface area contributed by atoms with Crippen molar-refractivity contribution in [3.8, 4) is 21.9 Å². The number of carbonyl (C=O) groups is 1. The monoisotopic (exact) mass is 385 g/mol. The molecule has 0 spiro atoms. The fraction of sp³-hybridized carbons (Fsp3) is 0.300. The number of benzene rings is 1. The predicted octanol–water partition coefficient (Wildman–Crippen LogP) is 4.02. The smallest absolute Gasteiger partial charge is 0.268 e. The summed E-state index contributed by atoms with van der Waals surface area (Å²) in [5, 5.41) is 22.9. The molecule has 0 saturated carbocycles. The maximum atomic E-state index is 12.6. The molecule has 0 aliphatic rings. The van der Waals surface area contributed by atoms with E-state index in [4.69, 9.17) is 0 Å². The molecule has 27 heavy (non-hydrogen) atoms. The minimum Gasteiger partial charge on any atom is -0.508 e. The van der Waals surface area contributed by atoms with Crippen molar-refractivity contribution in [1.82, 2.24) is 14.9 Å². The zero-order valence-corrected chi connectivity index (χ0v) is 16.6. The zero-order valence-electron chi connectivity index (χ0n) is 15.8. The van der Waals surface area contributed by atoms with Crippen molar-refractivity contribution < 1.29 is 15.0 Å². The van der Waals surface area contributed by atoms with Gasteiger partial charge in [0.25, 0.3) is 5.91 Å². The molecule has 0 aliphatic heterocycles. The number of thiazole rings is 1. The van der Waals surface area contributed by atoms with E-state index in [1.165, 1.54) is 17.4 Å². The fourth-order valence-corrected chi connectivity index (χ4v) is 3.68. The van der Waals surface area contributed by atoms with Crippen molar-refractivity contribution >= 4 is 17.2 Å². The molecule has 0 radical (unpaired) electrons. The van der Waals surface area contributed by atoms with Crippen LogP contribution in [-0.4, -0.2) is 25.7 Å². The number of amides is 1. The molecule has 2 aromatic heterocycles. The number of aryl methyl sites for hydroxylation is 1. The molecule has 3 rings (SSSR count). The Bertz CT molecular complexity index is 983. The summed E-state index contributed by atoms with van der Waals surface area (Å²) in [5.74, 6) is -0.149. The fourth-order valence-electron chi connectivity index (χ4n) is 2.88. The van der Waals surface area contributed by atoms with Gasteiger partial charge in [0.05, 0.1) is 16.1 Å². The lowest BCUT2D eigenvalue weighted by Gasteiger charge is -2.23. The molecular weight excluding hydrogens is 362 g/mol. The van der Waals surface area contributed by atoms with Gasteiger partial charge in [0.1, 0.15) is 17.2 Å². The number of nitrogens with zero attached hydrogens (tertiary/aromatic N) is 2. The SMILES string of the molecule is Cc1ncsc1-c1ccc(CNC(=O)c2cc(O)cn2C(C)(C)C)c(O)c1. The van der Waals surface area contributed by atoms with E-state index in [2.05, 4.69) is 10.3 Å². The molecule has 2 heterocycles. The van der Waals surface area contributed by atoms with Gasteiger partial charge in [0.15, 0.2) is 0 Å². The first-order valence-corrected chi connectivity index (χ1v) is 9.47. The minimum absolute atomic E-state index is 0.0437. The van der Waals surface area contributed by atoms with Crippen LogP contribution in [0.4, 0.5) is 0 Å². The van der Waals surface area contributed by atoms with Crippen LogP contribution in [0.25, 0.3) is 10.4 Å². The lowest BCUT2D eigenvalue weighted by atomic mass is 10.1. The van der Waals surface area contributed by atoms with Crippen LogP contribution in [0.2, 0.25) is 0 Å². The van der Waals surface area contributed by atoms with Gasteiger partial charge in [0, 0.05) is 29.9 Å². The highest BCUT2D eigenvalue weighted by atomic mass is 32.1. The summed E-state index contributed by atoms with van der Waals surface area (Å²) in [7, 11) is 0. The van der Waals surface area contributed by atoms with E-state index in [9.17, 15) is 15.0 Å². The average molecular weight is 385 g/mol. The first-order chi connectivity index (χ1) is 12.7. The molecule has 0 saturated heterocycles. The molecule has 0 aliphatic carbocycles. The van der Waals surface area contributed by atoms with Crippen LogP contribution in [0.3, 0.4) is 0 Å². The number of rotatable bonds is 4. The van der Waals surface area contributed by atoms with Crippen molar-refractivity contribution in [2.24, 2.45) is 0 Å². The largest absolute Gasteiger partial charge is 0.508 e. The molecule has 7 heteroatoms. The van der Waals surface area contributed by atoms with Gasteiger partial charge in [-0.05, 0) is 39.3 Å². The van der Waals surface area contributed by atoms with Crippen LogP contribution in [0.5, 0.6) is 11.5 Å². The number of aromatic nitrogens is 2. The van der Waals surface area contributed by atoms with Gasteiger partial charge >= 0.3 is 0 Å². The Labute approximate surface area is 162 Å². The van der Waals surface area contributed by atoms with E-state index in [0.717, 1.165) is 16.1 Å². The summed E-state index contributed by atoms with van der Waals surface area (Å²) in [6.45, 7) is 7.97. The van der Waals surface area contributed by atoms with Gasteiger partial charge in [0.2, 0.25) is 0 Å². The summed E-state index contributed by atoms with van der Waals surface area (Å²) in [6.07, 6.45) is 1.54. The Balaban J connectivity index is 1.76. The number of carbonyl (C=O) groups excluding carboxylic acids is 1. The molecule has 1 aromatic carbocycles. The topological polar surface area (TPSA) is 87.4 Å². The molecule has 0 bridgehead atoms. The van der Waals surface area contributed by atoms with E-state index in [1.54, 1.807) is 28.4 Å². The van der Waals surface area contributed by atoms with Gasteiger partial charge in [-0.25, -0.2) is 4.98 Å². The number of aromatic hydroxyl groups is 2. The number of hydrogen-bond acceptors (Lipinski definition) is 5. The van der Waals surface area contributed by atoms with E-state index in [1.807, 2.05) is 33.8 Å². The van der Waals surface area contributed by atoms with Gasteiger partial charge in [-0.1, -0.05) is 12.1 Å². The second-order valence-electron chi connectivity index (χ2n) is 7.42. The van der Waals surface area contributed by atoms with Crippen LogP contribution < -0.4 is 5.32 Å². The van der Waals surface area contributed by atoms with Crippen LogP contribution in [0.15, 0.2) is 36.0 Å². The van der Waals surface area contributed by atoms with Crippen LogP contribution in [-0.2, 0) is 12.1 Å². The van der Waals surface area contributed by atoms with E-state index in [-0.39, 0.29) is 29.5 Å². The van der Waals surface area contributed by atoms with Crippen molar-refractivity contribution in [2.45, 2.75) is 39.8 Å². The van der Waals surface area contributed by atoms with Crippen LogP contribution in [0.1, 0.15) is 42.5 Å². The minimum atomic E-state index is -0.343. The highest BCUT2D eigenvalue weighted by molar-refractivity contribution is 7.13. The van der Waals surface area contributed by atoms with Crippen molar-refractivity contribution in [3.63, 3.8) is 0 Å². The van der Waals surface area contributed by atoms with E-state index in [0.29, 0.717) is 11.3 Å². The van der Waals surface area contributed by atoms with Crippen molar-refractivity contribution in [1.29, 1.82) is 0 Å². The molecule has 0 atom stereocenters. The first-order valence-electron chi connectivity index (χ1n) is 8.59. The molecule has 0 fully saturated rings. The Kier molecular flexibility index (Phi) is 4.97. The molecule has 1 amide bonds. The van der Waals surface area contributed by atoms with Gasteiger partial charge in [-0.2, -0.15) is 0 Å². The Morgan fingerprint density at radius 2 is 2.00 bits per heavy atom. The average Bonchev–Trinajstić information content (AvgIpc) is 3.19. The second-order valence-corrected chi connectivity index (χ2v) is 8.27. The normalized spacial score (nSPS) is 11.6. The lowest BCUT2D eigenvalue weighted by Crippen LogP contribution is -2.30. The molecule has 6 nitrogen and oxygen atoms in total. The number of nitrogens with one attached hydrogen (secondary N) is 1. The van der Waals surface area contributed by atoms with E-state index < -0.39 is 0 Å². The Hall–Kier alpha value is -2.80. The molecule has 3 aromatic rings. The van der Waals surface area contributed by atoms with Crippen molar-refractivity contribution in [3.05, 3.63) is 52.9 Å². The highest BCUT2D eigenvalue weighted by Crippen LogP contribution is 2.31. The van der Waals surface area contributed by atoms with Gasteiger partial charge in [-0.3, -0.25) is 4.79 Å². The quantitative estimate of drug-likeness (QED) is 0.633. The van der Waals surface area contributed by atoms with Gasteiger partial charge in [-0.15, -0.1) is 11.3 Å². The first kappa shape index (κ1) is 19.0. The van der Waals surface area contributed by atoms with Crippen molar-refractivity contribution in [2.75, 3.05) is 0 Å². The molecule has 0 unspecified atom stereocenters. The number of hydrogen-bond donors (Lipinski definition) is 3. The summed E-state index contributed by atoms with van der Waals surface area (Å²) < 4.78 is 1.73. The van der Waals surface area contributed by atoms with Gasteiger partial charge < -0.3 is 20.1 Å². The van der Waals surface area contributed by atoms with E-state index >= 15 is 0 Å². The Morgan fingerprint density at radius 1 is 1.26 bits per heavy atom. The lowest BCUT2D eigenvalue weighted by molar-refractivity contribution is 0.0935. The zero-order chi connectivity index (χ0) is 19.8. The predicted molar refractivity (Wildman–Crippen MR) is 106 cm³/mol. The third-order valence-corrected chi connectivity index (χ3v) is 5.27. The number of phenolic OH excluding ortho intramolecular Hbond substituents is 1. The summed E-state index contributed by atoms with van der Waals surface area (Å²) in [4.78, 5) is 17.8. The van der Waals surface area contributed by atoms with Crippen LogP contribution >= 0.6 is 11.3 Å². The summed E-state index contributed by atoms with van der Waals surface area (Å²) in [5.41, 5.74) is 4.24. The number of phenols is 1. The summed E-state index contributed by atoms with van der Waals surface area (Å²) >= 11 is 1.52.